The van der Waals surface area contributed by atoms with Crippen LogP contribution in [0.3, 0.4) is 0 Å². The Morgan fingerprint density at radius 3 is 1.55 bits per heavy atom. The van der Waals surface area contributed by atoms with Crippen molar-refractivity contribution in [2.24, 2.45) is 0 Å². The summed E-state index contributed by atoms with van der Waals surface area (Å²) in [6.07, 6.45) is 1.85. The van der Waals surface area contributed by atoms with Crippen molar-refractivity contribution in [2.45, 2.75) is 0 Å². The first-order chi connectivity index (χ1) is 25.2. The zero-order valence-corrected chi connectivity index (χ0v) is 29.0. The molecule has 11 aromatic rings. The van der Waals surface area contributed by atoms with Gasteiger partial charge in [-0.2, -0.15) is 0 Å². The molecule has 2 nitrogen and oxygen atoms in total. The molecule has 11 rings (SSSR count). The maximum Gasteiger partial charge on any atom is 0.0702 e. The van der Waals surface area contributed by atoms with E-state index >= 15 is 0 Å². The Hall–Kier alpha value is -6.07. The topological polar surface area (TPSA) is 16.1 Å². The molecule has 0 bridgehead atoms. The first-order valence-corrected chi connectivity index (χ1v) is 18.8. The lowest BCUT2D eigenvalue weighted by atomic mass is 10.0. The summed E-state index contributed by atoms with van der Waals surface area (Å²) in [5.41, 5.74) is 6.76. The molecule has 51 heavy (non-hydrogen) atoms. The van der Waals surface area contributed by atoms with E-state index in [0.717, 1.165) is 28.0 Å². The monoisotopic (exact) mass is 684 g/mol. The third-order valence-electron chi connectivity index (χ3n) is 10.2. The van der Waals surface area contributed by atoms with E-state index < -0.39 is 0 Å². The molecule has 238 valence electrons. The fraction of sp³-hybridized carbons (Fsp3) is 0. The van der Waals surface area contributed by atoms with Crippen LogP contribution in [-0.4, -0.2) is 4.98 Å². The minimum absolute atomic E-state index is 1.01. The lowest BCUT2D eigenvalue weighted by molar-refractivity contribution is 1.29. The van der Waals surface area contributed by atoms with Gasteiger partial charge >= 0.3 is 0 Å². The predicted octanol–water partition coefficient (Wildman–Crippen LogP) is 14.4. The lowest BCUT2D eigenvalue weighted by Gasteiger charge is -2.26. The van der Waals surface area contributed by atoms with Crippen molar-refractivity contribution in [3.8, 4) is 11.1 Å². The first-order valence-electron chi connectivity index (χ1n) is 17.2. The van der Waals surface area contributed by atoms with Crippen LogP contribution >= 0.6 is 22.7 Å². The largest absolute Gasteiger partial charge is 0.310 e. The Morgan fingerprint density at radius 2 is 0.922 bits per heavy atom. The van der Waals surface area contributed by atoms with Crippen molar-refractivity contribution in [3.05, 3.63) is 170 Å². The average molecular weight is 685 g/mol. The molecule has 0 saturated heterocycles. The molecule has 0 unspecified atom stereocenters. The molecule has 0 saturated carbocycles. The number of thiophene rings is 2. The highest BCUT2D eigenvalue weighted by Crippen LogP contribution is 2.42. The number of benzene rings is 8. The van der Waals surface area contributed by atoms with Crippen LogP contribution in [0.5, 0.6) is 0 Å². The fourth-order valence-electron chi connectivity index (χ4n) is 7.70. The molecule has 4 heteroatoms. The van der Waals surface area contributed by atoms with Crippen LogP contribution in [0.15, 0.2) is 170 Å². The van der Waals surface area contributed by atoms with Gasteiger partial charge in [-0.1, -0.05) is 72.8 Å². The van der Waals surface area contributed by atoms with Crippen LogP contribution in [0.2, 0.25) is 0 Å². The molecule has 3 heterocycles. The zero-order chi connectivity index (χ0) is 33.5. The molecule has 3 aromatic heterocycles. The average Bonchev–Trinajstić information content (AvgIpc) is 3.73. The highest BCUT2D eigenvalue weighted by atomic mass is 32.1. The Kier molecular flexibility index (Phi) is 6.32. The van der Waals surface area contributed by atoms with Gasteiger partial charge in [0.1, 0.15) is 0 Å². The van der Waals surface area contributed by atoms with E-state index in [1.54, 1.807) is 0 Å². The molecule has 0 aliphatic heterocycles. The molecule has 0 atom stereocenters. The van der Waals surface area contributed by atoms with Gasteiger partial charge in [-0.25, -0.2) is 0 Å². The normalized spacial score (nSPS) is 11.9. The molecule has 0 fully saturated rings. The van der Waals surface area contributed by atoms with Crippen molar-refractivity contribution in [3.63, 3.8) is 0 Å². The van der Waals surface area contributed by atoms with Gasteiger partial charge in [0.05, 0.1) is 5.52 Å². The SMILES string of the molecule is c1cnc2ccc(-c3ccc(N(c4ccc5cc6c(cc5c4)sc4ccccc46)c4ccc5cc6c(cc5c4)sc4ccccc46)cc3)cc2c1. The molecular weight excluding hydrogens is 657 g/mol. The van der Waals surface area contributed by atoms with Crippen molar-refractivity contribution in [2.75, 3.05) is 4.90 Å². The summed E-state index contributed by atoms with van der Waals surface area (Å²) in [4.78, 5) is 6.91. The van der Waals surface area contributed by atoms with Crippen LogP contribution in [-0.2, 0) is 0 Å². The van der Waals surface area contributed by atoms with Crippen molar-refractivity contribution in [1.82, 2.24) is 4.98 Å². The maximum absolute atomic E-state index is 4.51. The summed E-state index contributed by atoms with van der Waals surface area (Å²) in [5.74, 6) is 0. The van der Waals surface area contributed by atoms with Gasteiger partial charge in [0.15, 0.2) is 0 Å². The van der Waals surface area contributed by atoms with Gasteiger partial charge in [0.25, 0.3) is 0 Å². The standard InChI is InChI=1S/C47H28N2S2/c1-3-9-44-39(7-1)41-25-31-13-18-37(23-34(31)27-46(41)50-44)49(36-16-11-29(12-17-36)30-15-20-43-33(22-30)6-5-21-48-43)38-19-14-32-26-42-40-8-2-4-10-45(40)51-47(42)28-35(32)24-38/h1-28H. The number of pyridine rings is 1. The van der Waals surface area contributed by atoms with Crippen molar-refractivity contribution < 1.29 is 0 Å². The Bertz CT molecular complexity index is 3000. The zero-order valence-electron chi connectivity index (χ0n) is 27.4. The highest BCUT2D eigenvalue weighted by molar-refractivity contribution is 7.26. The van der Waals surface area contributed by atoms with Crippen LogP contribution in [0.25, 0.3) is 83.9 Å². The number of fused-ring (bicyclic) bond motifs is 9. The lowest BCUT2D eigenvalue weighted by Crippen LogP contribution is -2.09. The van der Waals surface area contributed by atoms with Crippen LogP contribution in [0.1, 0.15) is 0 Å². The Balaban J connectivity index is 1.07. The summed E-state index contributed by atoms with van der Waals surface area (Å²) in [7, 11) is 0. The summed E-state index contributed by atoms with van der Waals surface area (Å²) in [6, 6.07) is 60.3. The van der Waals surface area contributed by atoms with Gasteiger partial charge in [0, 0.05) is 69.0 Å². The van der Waals surface area contributed by atoms with Crippen LogP contribution in [0, 0.1) is 0 Å². The van der Waals surface area contributed by atoms with Crippen LogP contribution < -0.4 is 4.90 Å². The highest BCUT2D eigenvalue weighted by Gasteiger charge is 2.16. The van der Waals surface area contributed by atoms with E-state index in [9.17, 15) is 0 Å². The molecule has 0 radical (unpaired) electrons. The van der Waals surface area contributed by atoms with E-state index in [4.69, 9.17) is 0 Å². The number of rotatable bonds is 4. The summed E-state index contributed by atoms with van der Waals surface area (Å²) in [5, 5.41) is 11.5. The second-order valence-corrected chi connectivity index (χ2v) is 15.4. The van der Waals surface area contributed by atoms with Gasteiger partial charge in [-0.3, -0.25) is 4.98 Å². The van der Waals surface area contributed by atoms with E-state index in [1.807, 2.05) is 34.9 Å². The summed E-state index contributed by atoms with van der Waals surface area (Å²) in [6.45, 7) is 0. The molecular formula is C47H28N2S2. The van der Waals surface area contributed by atoms with E-state index in [2.05, 4.69) is 168 Å². The third-order valence-corrected chi connectivity index (χ3v) is 12.5. The molecule has 0 spiro atoms. The number of aromatic nitrogens is 1. The number of hydrogen-bond donors (Lipinski definition) is 0. The van der Waals surface area contributed by atoms with Crippen LogP contribution in [0.4, 0.5) is 17.1 Å². The van der Waals surface area contributed by atoms with E-state index in [1.165, 1.54) is 73.0 Å². The third kappa shape index (κ3) is 4.72. The van der Waals surface area contributed by atoms with E-state index in [0.29, 0.717) is 0 Å². The molecule has 0 aliphatic carbocycles. The molecule has 0 amide bonds. The Morgan fingerprint density at radius 1 is 0.353 bits per heavy atom. The van der Waals surface area contributed by atoms with Crippen molar-refractivity contribution >= 4 is 113 Å². The number of anilines is 3. The summed E-state index contributed by atoms with van der Waals surface area (Å²) >= 11 is 3.74. The van der Waals surface area contributed by atoms with Crippen molar-refractivity contribution in [1.29, 1.82) is 0 Å². The fourth-order valence-corrected chi connectivity index (χ4v) is 9.97. The number of nitrogens with zero attached hydrogens (tertiary/aromatic N) is 2. The second-order valence-electron chi connectivity index (χ2n) is 13.2. The quantitative estimate of drug-likeness (QED) is 0.183. The molecule has 8 aromatic carbocycles. The minimum Gasteiger partial charge on any atom is -0.310 e. The first kappa shape index (κ1) is 28.7. The minimum atomic E-state index is 1.01. The molecule has 0 N–H and O–H groups in total. The summed E-state index contributed by atoms with van der Waals surface area (Å²) < 4.78 is 5.30. The van der Waals surface area contributed by atoms with Gasteiger partial charge in [0.2, 0.25) is 0 Å². The van der Waals surface area contributed by atoms with Gasteiger partial charge in [-0.05, 0) is 124 Å². The van der Waals surface area contributed by atoms with Gasteiger partial charge < -0.3 is 4.90 Å². The van der Waals surface area contributed by atoms with Gasteiger partial charge in [-0.15, -0.1) is 22.7 Å². The predicted molar refractivity (Wildman–Crippen MR) is 223 cm³/mol. The Labute approximate surface area is 302 Å². The maximum atomic E-state index is 4.51. The molecule has 0 aliphatic rings. The second kappa shape index (κ2) is 11.2. The number of hydrogen-bond acceptors (Lipinski definition) is 4. The smallest absolute Gasteiger partial charge is 0.0702 e. The van der Waals surface area contributed by atoms with E-state index in [-0.39, 0.29) is 0 Å².